The highest BCUT2D eigenvalue weighted by atomic mass is 35.5. The summed E-state index contributed by atoms with van der Waals surface area (Å²) in [7, 11) is 0. The Hall–Kier alpha value is -1.52. The average molecular weight is 286 g/mol. The molecule has 1 nitrogen and oxygen atoms in total. The Bertz CT molecular complexity index is 581. The van der Waals surface area contributed by atoms with Gasteiger partial charge in [0.15, 0.2) is 0 Å². The van der Waals surface area contributed by atoms with E-state index in [-0.39, 0.29) is 6.42 Å². The minimum absolute atomic E-state index is 0.194. The molecule has 0 heterocycles. The monoisotopic (exact) mass is 285 g/mol. The van der Waals surface area contributed by atoms with Gasteiger partial charge in [-0.25, -0.2) is 13.2 Å². The summed E-state index contributed by atoms with van der Waals surface area (Å²) in [5, 5.41) is 0.369. The summed E-state index contributed by atoms with van der Waals surface area (Å²) < 4.78 is 39.3. The van der Waals surface area contributed by atoms with Gasteiger partial charge in [-0.2, -0.15) is 0 Å². The van der Waals surface area contributed by atoms with Crippen molar-refractivity contribution in [3.63, 3.8) is 0 Å². The molecular formula is C14H11ClF3N. The zero-order chi connectivity index (χ0) is 14.0. The first-order chi connectivity index (χ1) is 8.95. The first-order valence-corrected chi connectivity index (χ1v) is 5.99. The zero-order valence-corrected chi connectivity index (χ0v) is 10.6. The van der Waals surface area contributed by atoms with E-state index in [2.05, 4.69) is 0 Å². The Balaban J connectivity index is 2.25. The minimum atomic E-state index is -0.698. The molecule has 0 aliphatic heterocycles. The lowest BCUT2D eigenvalue weighted by atomic mass is 9.99. The molecule has 0 saturated carbocycles. The van der Waals surface area contributed by atoms with Crippen molar-refractivity contribution in [1.82, 2.24) is 0 Å². The van der Waals surface area contributed by atoms with Gasteiger partial charge in [0.1, 0.15) is 17.5 Å². The average Bonchev–Trinajstić information content (AvgIpc) is 2.32. The van der Waals surface area contributed by atoms with E-state index in [1.807, 2.05) is 0 Å². The summed E-state index contributed by atoms with van der Waals surface area (Å²) in [5.74, 6) is -1.83. The van der Waals surface area contributed by atoms with Crippen LogP contribution < -0.4 is 5.73 Å². The van der Waals surface area contributed by atoms with Gasteiger partial charge in [0, 0.05) is 17.1 Å². The van der Waals surface area contributed by atoms with Crippen LogP contribution in [0.3, 0.4) is 0 Å². The predicted molar refractivity (Wildman–Crippen MR) is 68.4 cm³/mol. The first-order valence-electron chi connectivity index (χ1n) is 5.61. The number of rotatable bonds is 3. The Morgan fingerprint density at radius 1 is 0.947 bits per heavy atom. The number of hydrogen-bond acceptors (Lipinski definition) is 1. The van der Waals surface area contributed by atoms with Crippen molar-refractivity contribution < 1.29 is 13.2 Å². The van der Waals surface area contributed by atoms with Gasteiger partial charge in [-0.05, 0) is 47.9 Å². The fourth-order valence-electron chi connectivity index (χ4n) is 1.84. The number of halogens is 4. The van der Waals surface area contributed by atoms with Crippen LogP contribution in [0.4, 0.5) is 13.2 Å². The maximum Gasteiger partial charge on any atom is 0.126 e. The Kier molecular flexibility index (Phi) is 4.12. The van der Waals surface area contributed by atoms with E-state index in [9.17, 15) is 13.2 Å². The number of benzene rings is 2. The van der Waals surface area contributed by atoms with E-state index in [0.717, 1.165) is 18.2 Å². The number of hydrogen-bond donors (Lipinski definition) is 1. The largest absolute Gasteiger partial charge is 0.324 e. The fraction of sp³-hybridized carbons (Fsp3) is 0.143. The summed E-state index contributed by atoms with van der Waals surface area (Å²) in [4.78, 5) is 0. The third kappa shape index (κ3) is 3.49. The summed E-state index contributed by atoms with van der Waals surface area (Å²) in [6, 6.07) is 6.33. The molecule has 100 valence electrons. The molecule has 2 aromatic carbocycles. The van der Waals surface area contributed by atoms with Gasteiger partial charge >= 0.3 is 0 Å². The molecule has 0 bridgehead atoms. The van der Waals surface area contributed by atoms with Gasteiger partial charge in [0.2, 0.25) is 0 Å². The third-order valence-corrected chi connectivity index (χ3v) is 3.13. The van der Waals surface area contributed by atoms with Crippen molar-refractivity contribution in [2.24, 2.45) is 5.73 Å². The Morgan fingerprint density at radius 3 is 2.21 bits per heavy atom. The highest BCUT2D eigenvalue weighted by Gasteiger charge is 2.12. The van der Waals surface area contributed by atoms with E-state index >= 15 is 0 Å². The molecule has 2 N–H and O–H groups in total. The van der Waals surface area contributed by atoms with Crippen LogP contribution in [0.5, 0.6) is 0 Å². The SMILES string of the molecule is NC(Cc1cc(F)ccc1Cl)c1cc(F)cc(F)c1. The molecule has 0 fully saturated rings. The Labute approximate surface area is 113 Å². The Morgan fingerprint density at radius 2 is 1.58 bits per heavy atom. The highest BCUT2D eigenvalue weighted by molar-refractivity contribution is 6.31. The van der Waals surface area contributed by atoms with Crippen LogP contribution in [0.2, 0.25) is 5.02 Å². The molecule has 19 heavy (non-hydrogen) atoms. The highest BCUT2D eigenvalue weighted by Crippen LogP contribution is 2.24. The molecule has 1 atom stereocenters. The predicted octanol–water partition coefficient (Wildman–Crippen LogP) is 4.00. The van der Waals surface area contributed by atoms with Crippen molar-refractivity contribution in [3.05, 3.63) is 70.0 Å². The standard InChI is InChI=1S/C14H11ClF3N/c15-13-2-1-10(16)3-8(13)6-14(19)9-4-11(17)7-12(18)5-9/h1-5,7,14H,6,19H2. The zero-order valence-electron chi connectivity index (χ0n) is 9.84. The second-order valence-electron chi connectivity index (χ2n) is 4.25. The first kappa shape index (κ1) is 13.9. The second-order valence-corrected chi connectivity index (χ2v) is 4.66. The minimum Gasteiger partial charge on any atom is -0.324 e. The van der Waals surface area contributed by atoms with Gasteiger partial charge in [0.05, 0.1) is 0 Å². The summed E-state index contributed by atoms with van der Waals surface area (Å²) in [6.45, 7) is 0. The summed E-state index contributed by atoms with van der Waals surface area (Å²) >= 11 is 5.92. The van der Waals surface area contributed by atoms with Crippen LogP contribution in [0.1, 0.15) is 17.2 Å². The van der Waals surface area contributed by atoms with Gasteiger partial charge in [-0.3, -0.25) is 0 Å². The molecule has 2 aromatic rings. The quantitative estimate of drug-likeness (QED) is 0.906. The molecule has 2 rings (SSSR count). The topological polar surface area (TPSA) is 26.0 Å². The van der Waals surface area contributed by atoms with Crippen LogP contribution in [0.25, 0.3) is 0 Å². The molecule has 0 aliphatic rings. The summed E-state index contributed by atoms with van der Waals surface area (Å²) in [6.07, 6.45) is 0.194. The lowest BCUT2D eigenvalue weighted by molar-refractivity contribution is 0.572. The molecular weight excluding hydrogens is 275 g/mol. The molecule has 0 aromatic heterocycles. The lowest BCUT2D eigenvalue weighted by Gasteiger charge is -2.13. The maximum atomic E-state index is 13.1. The second kappa shape index (κ2) is 5.63. The van der Waals surface area contributed by atoms with Crippen molar-refractivity contribution in [1.29, 1.82) is 0 Å². The van der Waals surface area contributed by atoms with Gasteiger partial charge in [0.25, 0.3) is 0 Å². The van der Waals surface area contributed by atoms with E-state index in [1.54, 1.807) is 0 Å². The van der Waals surface area contributed by atoms with Crippen LogP contribution in [0.15, 0.2) is 36.4 Å². The van der Waals surface area contributed by atoms with Crippen molar-refractivity contribution in [3.8, 4) is 0 Å². The van der Waals surface area contributed by atoms with Gasteiger partial charge in [-0.15, -0.1) is 0 Å². The third-order valence-electron chi connectivity index (χ3n) is 2.76. The number of nitrogens with two attached hydrogens (primary N) is 1. The fourth-order valence-corrected chi connectivity index (χ4v) is 2.04. The van der Waals surface area contributed by atoms with Crippen LogP contribution in [-0.2, 0) is 6.42 Å². The van der Waals surface area contributed by atoms with Gasteiger partial charge < -0.3 is 5.73 Å². The van der Waals surface area contributed by atoms with Crippen LogP contribution in [-0.4, -0.2) is 0 Å². The van der Waals surface area contributed by atoms with Crippen molar-refractivity contribution in [2.75, 3.05) is 0 Å². The van der Waals surface area contributed by atoms with Crippen LogP contribution in [0, 0.1) is 17.5 Å². The summed E-state index contributed by atoms with van der Waals surface area (Å²) in [5.41, 5.74) is 6.67. The molecule has 0 saturated heterocycles. The van der Waals surface area contributed by atoms with Crippen molar-refractivity contribution in [2.45, 2.75) is 12.5 Å². The maximum absolute atomic E-state index is 13.1. The van der Waals surface area contributed by atoms with Crippen LogP contribution >= 0.6 is 11.6 Å². The molecule has 0 amide bonds. The van der Waals surface area contributed by atoms with E-state index < -0.39 is 23.5 Å². The van der Waals surface area contributed by atoms with E-state index in [1.165, 1.54) is 18.2 Å². The normalized spacial score (nSPS) is 12.5. The lowest BCUT2D eigenvalue weighted by Crippen LogP contribution is -2.14. The van der Waals surface area contributed by atoms with Crippen molar-refractivity contribution >= 4 is 11.6 Å². The molecule has 5 heteroatoms. The van der Waals surface area contributed by atoms with E-state index in [4.69, 9.17) is 17.3 Å². The molecule has 0 spiro atoms. The smallest absolute Gasteiger partial charge is 0.126 e. The van der Waals surface area contributed by atoms with E-state index in [0.29, 0.717) is 16.1 Å². The van der Waals surface area contributed by atoms with Gasteiger partial charge in [-0.1, -0.05) is 11.6 Å². The molecule has 0 aliphatic carbocycles. The molecule has 0 radical (unpaired) electrons. The molecule has 1 unspecified atom stereocenters.